The van der Waals surface area contributed by atoms with Gasteiger partial charge in [-0.2, -0.15) is 11.8 Å². The first-order chi connectivity index (χ1) is 41.8. The van der Waals surface area contributed by atoms with Crippen LogP contribution in [0.3, 0.4) is 0 Å². The van der Waals surface area contributed by atoms with E-state index < -0.39 is 103 Å². The van der Waals surface area contributed by atoms with Crippen LogP contribution in [-0.4, -0.2) is 210 Å². The van der Waals surface area contributed by atoms with Gasteiger partial charge in [0.05, 0.1) is 64.0 Å². The van der Waals surface area contributed by atoms with E-state index in [0.29, 0.717) is 36.6 Å². The molecule has 4 heterocycles. The smallest absolute Gasteiger partial charge is 0.315 e. The molecule has 32 heteroatoms. The number of unbranched alkanes of at least 4 members (excludes halogenated alkanes) is 1. The molecule has 5 rings (SSSR count). The van der Waals surface area contributed by atoms with Crippen LogP contribution in [0, 0.1) is 5.92 Å². The Morgan fingerprint density at radius 1 is 0.770 bits per heavy atom. The number of urea groups is 1. The topological polar surface area (TPSA) is 460 Å². The number of carbonyl (C=O) groups is 10. The largest absolute Gasteiger partial charge is 0.394 e. The van der Waals surface area contributed by atoms with E-state index in [-0.39, 0.29) is 126 Å². The number of guanidine groups is 1. The number of amides is 11. The van der Waals surface area contributed by atoms with Gasteiger partial charge in [-0.15, -0.1) is 5.10 Å². The standard InChI is InChI=1S/C55H87N17O14S/c1-33(2)25-38-51(80)64-37(14-10-17-60-54(57)58)50(79)66-39(26-34-11-4-3-5-12-34)49(78)61-28-45(75)62-36(48(56)77)13-8-9-19-72-29-35(70-71-72)27-40(52(81)67-41(30-73)53(82)65-38)63-46(76)31-86-24-23-85-22-21-84-20-18-59-44(74)16-7-6-15-43-47-42(32-87-43)68-55(83)69-47/h3-5,11-12,29,33,36-43,47,73H,6-10,13-28,30-32H2,1-2H3,(H2,56,77)(H,59,74)(H,61,78)(H,62,75)(H,63,76)(H,64,80)(H,65,82)(H,66,79)(H,67,81)(H4,57,58,60)(H2,68,69,83)/t36?,37?,38?,39?,40?,41?,42?,43-,47?/m1/s1. The van der Waals surface area contributed by atoms with Crippen LogP contribution in [0.1, 0.15) is 89.3 Å². The minimum Gasteiger partial charge on any atom is -0.394 e. The monoisotopic (exact) mass is 1240 g/mol. The van der Waals surface area contributed by atoms with E-state index in [2.05, 4.69) is 68.5 Å². The molecule has 3 aliphatic heterocycles. The molecule has 2 bridgehead atoms. The number of aliphatic hydroxyl groups excluding tert-OH is 1. The van der Waals surface area contributed by atoms with E-state index in [0.717, 1.165) is 25.0 Å². The normalized spacial score (nSPS) is 23.7. The summed E-state index contributed by atoms with van der Waals surface area (Å²) in [6.45, 7) is 2.94. The van der Waals surface area contributed by atoms with Crippen LogP contribution in [0.5, 0.6) is 0 Å². The zero-order valence-electron chi connectivity index (χ0n) is 49.4. The number of primary amides is 1. The highest BCUT2D eigenvalue weighted by Crippen LogP contribution is 2.33. The molecule has 1 aromatic heterocycles. The molecule has 1 aromatic carbocycles. The molecular formula is C55H87N17O14S. The van der Waals surface area contributed by atoms with E-state index >= 15 is 0 Å². The second-order valence-corrected chi connectivity index (χ2v) is 23.0. The summed E-state index contributed by atoms with van der Waals surface area (Å²) in [5.74, 6) is -6.21. The number of aryl methyl sites for hydroxylation is 1. The average molecular weight is 1240 g/mol. The number of hydrogen-bond acceptors (Lipinski definition) is 18. The Hall–Kier alpha value is -7.68. The number of aromatic nitrogens is 3. The van der Waals surface area contributed by atoms with Crippen molar-refractivity contribution < 1.29 is 67.3 Å². The van der Waals surface area contributed by atoms with E-state index in [4.69, 9.17) is 31.4 Å². The maximum absolute atomic E-state index is 14.2. The molecule has 11 amide bonds. The molecule has 0 spiro atoms. The zero-order chi connectivity index (χ0) is 63.1. The predicted octanol–water partition coefficient (Wildman–Crippen LogP) is -4.26. The summed E-state index contributed by atoms with van der Waals surface area (Å²) < 4.78 is 18.1. The first-order valence-corrected chi connectivity index (χ1v) is 30.5. The van der Waals surface area contributed by atoms with Crippen molar-refractivity contribution in [2.75, 3.05) is 71.6 Å². The van der Waals surface area contributed by atoms with Crippen molar-refractivity contribution in [1.82, 2.24) is 68.2 Å². The number of aliphatic imine (C=N–C) groups is 1. The van der Waals surface area contributed by atoms with Gasteiger partial charge in [-0.25, -0.2) is 4.79 Å². The average Bonchev–Trinajstić information content (AvgIpc) is 2.04. The number of nitrogens with two attached hydrogens (primary N) is 3. The first-order valence-electron chi connectivity index (χ1n) is 29.4. The van der Waals surface area contributed by atoms with Gasteiger partial charge >= 0.3 is 6.03 Å². The highest BCUT2D eigenvalue weighted by Gasteiger charge is 2.42. The zero-order valence-corrected chi connectivity index (χ0v) is 50.2. The van der Waals surface area contributed by atoms with Crippen molar-refractivity contribution in [3.63, 3.8) is 0 Å². The quantitative estimate of drug-likeness (QED) is 0.0174. The Labute approximate surface area is 509 Å². The molecule has 3 aliphatic rings. The minimum absolute atomic E-state index is 0.0135. The number of aliphatic hydroxyl groups is 1. The van der Waals surface area contributed by atoms with Gasteiger partial charge in [-0.1, -0.05) is 55.8 Å². The third kappa shape index (κ3) is 26.1. The molecule has 87 heavy (non-hydrogen) atoms. The van der Waals surface area contributed by atoms with Gasteiger partial charge in [0.1, 0.15) is 42.9 Å². The molecule has 8 unspecified atom stereocenters. The van der Waals surface area contributed by atoms with Crippen molar-refractivity contribution in [2.45, 2.75) is 151 Å². The van der Waals surface area contributed by atoms with Crippen molar-refractivity contribution in [2.24, 2.45) is 28.1 Å². The number of ether oxygens (including phenoxy) is 3. The summed E-state index contributed by atoms with van der Waals surface area (Å²) in [7, 11) is 0. The van der Waals surface area contributed by atoms with Gasteiger partial charge in [0.2, 0.25) is 53.2 Å². The molecule has 9 atom stereocenters. The number of hydrogen-bond donors (Lipinski definition) is 14. The molecule has 17 N–H and O–H groups in total. The van der Waals surface area contributed by atoms with Crippen LogP contribution in [0.4, 0.5) is 4.79 Å². The molecule has 31 nitrogen and oxygen atoms in total. The first kappa shape index (κ1) is 70.1. The fourth-order valence-electron chi connectivity index (χ4n) is 9.69. The van der Waals surface area contributed by atoms with Gasteiger partial charge in [0.25, 0.3) is 0 Å². The Balaban J connectivity index is 1.19. The Morgan fingerprint density at radius 2 is 1.46 bits per heavy atom. The van der Waals surface area contributed by atoms with Crippen LogP contribution in [0.15, 0.2) is 41.5 Å². The fraction of sp³-hybridized carbons (Fsp3) is 0.655. The van der Waals surface area contributed by atoms with Crippen LogP contribution in [-0.2, 0) is 76.7 Å². The van der Waals surface area contributed by atoms with Gasteiger partial charge in [-0.3, -0.25) is 52.8 Å². The van der Waals surface area contributed by atoms with E-state index in [1.54, 1.807) is 44.2 Å². The maximum atomic E-state index is 14.2. The molecule has 0 radical (unpaired) electrons. The van der Waals surface area contributed by atoms with Crippen molar-refractivity contribution in [1.29, 1.82) is 0 Å². The lowest BCUT2D eigenvalue weighted by Crippen LogP contribution is -2.60. The van der Waals surface area contributed by atoms with Crippen LogP contribution < -0.4 is 70.4 Å². The molecule has 0 saturated carbocycles. The highest BCUT2D eigenvalue weighted by molar-refractivity contribution is 8.00. The van der Waals surface area contributed by atoms with Crippen molar-refractivity contribution in [3.05, 3.63) is 47.8 Å². The van der Waals surface area contributed by atoms with Crippen molar-refractivity contribution in [3.8, 4) is 0 Å². The van der Waals surface area contributed by atoms with Crippen LogP contribution in [0.2, 0.25) is 0 Å². The number of nitrogens with one attached hydrogen (secondary N) is 10. The summed E-state index contributed by atoms with van der Waals surface area (Å²) in [6, 6.07) is 0.692. The number of thioether (sulfide) groups is 1. The lowest BCUT2D eigenvalue weighted by Gasteiger charge is -2.27. The lowest BCUT2D eigenvalue weighted by molar-refractivity contribution is -0.136. The molecular weight excluding hydrogens is 1150 g/mol. The Morgan fingerprint density at radius 3 is 2.18 bits per heavy atom. The summed E-state index contributed by atoms with van der Waals surface area (Å²) in [5.41, 5.74) is 17.6. The summed E-state index contributed by atoms with van der Waals surface area (Å²) in [4.78, 5) is 137. The van der Waals surface area contributed by atoms with Crippen molar-refractivity contribution >= 4 is 76.9 Å². The summed E-state index contributed by atoms with van der Waals surface area (Å²) in [5, 5.41) is 46.0. The third-order valence-corrected chi connectivity index (χ3v) is 15.7. The second-order valence-electron chi connectivity index (χ2n) is 21.7. The molecule has 482 valence electrons. The number of fused-ring (bicyclic) bond motifs is 3. The Bertz CT molecular complexity index is 2610. The molecule has 2 fully saturated rings. The summed E-state index contributed by atoms with van der Waals surface area (Å²) in [6.07, 6.45) is 5.18. The number of benzene rings is 1. The minimum atomic E-state index is -1.66. The van der Waals surface area contributed by atoms with Crippen LogP contribution in [0.25, 0.3) is 0 Å². The highest BCUT2D eigenvalue weighted by atomic mass is 32.2. The lowest BCUT2D eigenvalue weighted by atomic mass is 10.0. The van der Waals surface area contributed by atoms with E-state index in [1.165, 1.54) is 10.9 Å². The predicted molar refractivity (Wildman–Crippen MR) is 317 cm³/mol. The van der Waals surface area contributed by atoms with Crippen LogP contribution >= 0.6 is 11.8 Å². The molecule has 2 aromatic rings. The summed E-state index contributed by atoms with van der Waals surface area (Å²) >= 11 is 1.84. The second kappa shape index (κ2) is 37.8. The molecule has 2 saturated heterocycles. The Kier molecular flexibility index (Phi) is 30.4. The van der Waals surface area contributed by atoms with E-state index in [9.17, 15) is 53.1 Å². The van der Waals surface area contributed by atoms with E-state index in [1.807, 2.05) is 11.8 Å². The maximum Gasteiger partial charge on any atom is 0.315 e. The van der Waals surface area contributed by atoms with Gasteiger partial charge in [-0.05, 0) is 62.8 Å². The molecule has 0 aliphatic carbocycles. The van der Waals surface area contributed by atoms with Gasteiger partial charge < -0.3 is 89.7 Å². The van der Waals surface area contributed by atoms with Gasteiger partial charge in [0, 0.05) is 56.1 Å². The number of rotatable bonds is 27. The van der Waals surface area contributed by atoms with Gasteiger partial charge in [0.15, 0.2) is 5.96 Å². The number of carbonyl (C=O) groups excluding carboxylic acids is 10. The number of nitrogens with zero attached hydrogens (tertiary/aromatic N) is 4. The fourth-order valence-corrected chi connectivity index (χ4v) is 11.2. The third-order valence-electron chi connectivity index (χ3n) is 14.2. The SMILES string of the molecule is CC(C)CC1NC(=O)C(CO)NC(=O)C(NC(=O)COCCOCCOCCNC(=O)CCCC[C@H]2SCC3NC(=O)NC32)Cc2cn(nn2)CCCCC(C(N)=O)NC(=O)CNC(=O)C(Cc2ccccc2)NC(=O)C(CCCN=C(N)N)NC1=O.